The first-order chi connectivity index (χ1) is 7.29. The minimum absolute atomic E-state index is 0.0531. The maximum atomic E-state index is 14.1. The molecule has 2 N–H and O–H groups in total. The molecule has 1 aromatic carbocycles. The number of alkyl halides is 1. The lowest BCUT2D eigenvalue weighted by Gasteiger charge is -2.27. The molecule has 0 radical (unpaired) electrons. The lowest BCUT2D eigenvalue weighted by atomic mass is 9.95. The van der Waals surface area contributed by atoms with Gasteiger partial charge in [-0.25, -0.2) is 4.39 Å². The molecular formula is C12H16FNO. The van der Waals surface area contributed by atoms with E-state index in [0.717, 1.165) is 25.8 Å². The standard InChI is InChI=1S/C12H16FNO/c13-12(10-6-3-4-8-14-10)9-5-1-2-7-11(9)15/h1-2,5,7,10,12,14-15H,3-4,6,8H2. The summed E-state index contributed by atoms with van der Waals surface area (Å²) in [4.78, 5) is 0. The van der Waals surface area contributed by atoms with E-state index in [-0.39, 0.29) is 11.8 Å². The van der Waals surface area contributed by atoms with E-state index in [1.165, 1.54) is 6.07 Å². The van der Waals surface area contributed by atoms with Crippen molar-refractivity contribution in [2.75, 3.05) is 6.54 Å². The number of aromatic hydroxyl groups is 1. The predicted molar refractivity (Wildman–Crippen MR) is 57.6 cm³/mol. The first-order valence-corrected chi connectivity index (χ1v) is 5.44. The molecule has 82 valence electrons. The van der Waals surface area contributed by atoms with Gasteiger partial charge in [-0.2, -0.15) is 0 Å². The number of halogens is 1. The Hall–Kier alpha value is -1.09. The van der Waals surface area contributed by atoms with Gasteiger partial charge in [-0.15, -0.1) is 0 Å². The van der Waals surface area contributed by atoms with E-state index in [4.69, 9.17) is 0 Å². The highest BCUT2D eigenvalue weighted by atomic mass is 19.1. The van der Waals surface area contributed by atoms with Crippen LogP contribution >= 0.6 is 0 Å². The van der Waals surface area contributed by atoms with Gasteiger partial charge in [0.2, 0.25) is 0 Å². The number of piperidine rings is 1. The molecule has 1 saturated heterocycles. The smallest absolute Gasteiger partial charge is 0.144 e. The van der Waals surface area contributed by atoms with Crippen LogP contribution in [0.15, 0.2) is 24.3 Å². The molecule has 1 aliphatic heterocycles. The van der Waals surface area contributed by atoms with Crippen molar-refractivity contribution in [2.24, 2.45) is 0 Å². The maximum Gasteiger partial charge on any atom is 0.144 e. The van der Waals surface area contributed by atoms with Gasteiger partial charge in [0, 0.05) is 11.6 Å². The van der Waals surface area contributed by atoms with Gasteiger partial charge < -0.3 is 10.4 Å². The van der Waals surface area contributed by atoms with Crippen LogP contribution in [-0.2, 0) is 0 Å². The van der Waals surface area contributed by atoms with Crippen molar-refractivity contribution in [1.29, 1.82) is 0 Å². The van der Waals surface area contributed by atoms with Crippen molar-refractivity contribution in [3.8, 4) is 5.75 Å². The summed E-state index contributed by atoms with van der Waals surface area (Å²) in [5.74, 6) is 0.0531. The number of phenolic OH excluding ortho intramolecular Hbond substituents is 1. The summed E-state index contributed by atoms with van der Waals surface area (Å²) in [6.07, 6.45) is 1.91. The molecule has 3 heteroatoms. The van der Waals surface area contributed by atoms with E-state index in [9.17, 15) is 9.50 Å². The average molecular weight is 209 g/mol. The minimum atomic E-state index is -1.11. The predicted octanol–water partition coefficient (Wildman–Crippen LogP) is 2.54. The van der Waals surface area contributed by atoms with E-state index < -0.39 is 6.17 Å². The van der Waals surface area contributed by atoms with Crippen molar-refractivity contribution < 1.29 is 9.50 Å². The van der Waals surface area contributed by atoms with Crippen LogP contribution in [0.3, 0.4) is 0 Å². The van der Waals surface area contributed by atoms with Crippen molar-refractivity contribution in [3.63, 3.8) is 0 Å². The molecule has 1 aliphatic rings. The number of para-hydroxylation sites is 1. The summed E-state index contributed by atoms with van der Waals surface area (Å²) in [6.45, 7) is 0.874. The molecule has 2 unspecified atom stereocenters. The number of phenols is 1. The molecule has 15 heavy (non-hydrogen) atoms. The zero-order chi connectivity index (χ0) is 10.7. The number of hydrogen-bond donors (Lipinski definition) is 2. The average Bonchev–Trinajstić information content (AvgIpc) is 2.30. The van der Waals surface area contributed by atoms with Gasteiger partial charge in [0.15, 0.2) is 0 Å². The Labute approximate surface area is 89.1 Å². The molecule has 1 heterocycles. The number of hydrogen-bond acceptors (Lipinski definition) is 2. The molecule has 1 aromatic rings. The Morgan fingerprint density at radius 1 is 1.33 bits per heavy atom. The second kappa shape index (κ2) is 4.62. The third kappa shape index (κ3) is 2.29. The van der Waals surface area contributed by atoms with Gasteiger partial charge in [0.1, 0.15) is 11.9 Å². The molecule has 2 rings (SSSR count). The van der Waals surface area contributed by atoms with E-state index in [2.05, 4.69) is 5.32 Å². The molecule has 0 saturated carbocycles. The zero-order valence-corrected chi connectivity index (χ0v) is 8.62. The van der Waals surface area contributed by atoms with Gasteiger partial charge in [0.25, 0.3) is 0 Å². The van der Waals surface area contributed by atoms with Crippen LogP contribution in [0, 0.1) is 0 Å². The molecule has 0 amide bonds. The van der Waals surface area contributed by atoms with E-state index in [0.29, 0.717) is 5.56 Å². The maximum absolute atomic E-state index is 14.1. The molecule has 0 spiro atoms. The molecule has 0 aromatic heterocycles. The van der Waals surface area contributed by atoms with Gasteiger partial charge in [-0.3, -0.25) is 0 Å². The number of benzene rings is 1. The Kier molecular flexibility index (Phi) is 3.21. The summed E-state index contributed by atoms with van der Waals surface area (Å²) >= 11 is 0. The first kappa shape index (κ1) is 10.4. The lowest BCUT2D eigenvalue weighted by molar-refractivity contribution is 0.217. The van der Waals surface area contributed by atoms with Crippen LogP contribution < -0.4 is 5.32 Å². The fourth-order valence-corrected chi connectivity index (χ4v) is 2.07. The topological polar surface area (TPSA) is 32.3 Å². The van der Waals surface area contributed by atoms with Crippen LogP contribution in [0.1, 0.15) is 31.0 Å². The summed E-state index contributed by atoms with van der Waals surface area (Å²) in [6, 6.07) is 6.50. The Balaban J connectivity index is 2.12. The quantitative estimate of drug-likeness (QED) is 0.784. The van der Waals surface area contributed by atoms with E-state index in [1.54, 1.807) is 18.2 Å². The van der Waals surface area contributed by atoms with Gasteiger partial charge >= 0.3 is 0 Å². The first-order valence-electron chi connectivity index (χ1n) is 5.44. The summed E-state index contributed by atoms with van der Waals surface area (Å²) < 4.78 is 14.1. The van der Waals surface area contributed by atoms with Crippen LogP contribution in [0.25, 0.3) is 0 Å². The third-order valence-corrected chi connectivity index (χ3v) is 2.94. The van der Waals surface area contributed by atoms with Crippen LogP contribution in [0.2, 0.25) is 0 Å². The monoisotopic (exact) mass is 209 g/mol. The highest BCUT2D eigenvalue weighted by molar-refractivity contribution is 5.34. The zero-order valence-electron chi connectivity index (χ0n) is 8.62. The van der Waals surface area contributed by atoms with E-state index in [1.807, 2.05) is 0 Å². The third-order valence-electron chi connectivity index (χ3n) is 2.94. The van der Waals surface area contributed by atoms with Crippen LogP contribution in [0.4, 0.5) is 4.39 Å². The second-order valence-electron chi connectivity index (χ2n) is 4.02. The fourth-order valence-electron chi connectivity index (χ4n) is 2.07. The summed E-state index contributed by atoms with van der Waals surface area (Å²) in [5, 5.41) is 12.7. The summed E-state index contributed by atoms with van der Waals surface area (Å²) in [7, 11) is 0. The Bertz CT molecular complexity index is 323. The van der Waals surface area contributed by atoms with Gasteiger partial charge in [-0.1, -0.05) is 24.6 Å². The highest BCUT2D eigenvalue weighted by Gasteiger charge is 2.25. The highest BCUT2D eigenvalue weighted by Crippen LogP contribution is 2.31. The van der Waals surface area contributed by atoms with Crippen LogP contribution in [-0.4, -0.2) is 17.7 Å². The molecule has 2 atom stereocenters. The van der Waals surface area contributed by atoms with Crippen molar-refractivity contribution in [3.05, 3.63) is 29.8 Å². The number of nitrogens with one attached hydrogen (secondary N) is 1. The second-order valence-corrected chi connectivity index (χ2v) is 4.02. The van der Waals surface area contributed by atoms with Gasteiger partial charge in [-0.05, 0) is 25.5 Å². The van der Waals surface area contributed by atoms with Crippen LogP contribution in [0.5, 0.6) is 5.75 Å². The molecular weight excluding hydrogens is 193 g/mol. The van der Waals surface area contributed by atoms with Crippen molar-refractivity contribution in [1.82, 2.24) is 5.32 Å². The molecule has 2 nitrogen and oxygen atoms in total. The Morgan fingerprint density at radius 2 is 2.13 bits per heavy atom. The Morgan fingerprint density at radius 3 is 2.80 bits per heavy atom. The molecule has 0 aliphatic carbocycles. The summed E-state index contributed by atoms with van der Waals surface area (Å²) in [5.41, 5.74) is 0.400. The SMILES string of the molecule is Oc1ccccc1C(F)C1CCCCN1. The fraction of sp³-hybridized carbons (Fsp3) is 0.500. The van der Waals surface area contributed by atoms with Crippen molar-refractivity contribution >= 4 is 0 Å². The normalized spacial score (nSPS) is 23.7. The number of rotatable bonds is 2. The van der Waals surface area contributed by atoms with Crippen molar-refractivity contribution in [2.45, 2.75) is 31.5 Å². The molecule has 0 bridgehead atoms. The van der Waals surface area contributed by atoms with E-state index >= 15 is 0 Å². The largest absolute Gasteiger partial charge is 0.508 e. The van der Waals surface area contributed by atoms with Gasteiger partial charge in [0.05, 0.1) is 0 Å². The minimum Gasteiger partial charge on any atom is -0.508 e. The molecule has 1 fully saturated rings. The lowest BCUT2D eigenvalue weighted by Crippen LogP contribution is -2.37.